The maximum absolute atomic E-state index is 12.9. The predicted molar refractivity (Wildman–Crippen MR) is 120 cm³/mol. The molecular formula is C23H20ClN3O2S. The summed E-state index contributed by atoms with van der Waals surface area (Å²) >= 11 is 6.05. The van der Waals surface area contributed by atoms with Gasteiger partial charge >= 0.3 is 0 Å². The first kappa shape index (κ1) is 20.2. The Labute approximate surface area is 181 Å². The first-order valence-corrected chi connectivity index (χ1v) is 11.3. The molecule has 1 N–H and O–H groups in total. The smallest absolute Gasteiger partial charge is 0.263 e. The van der Waals surface area contributed by atoms with Gasteiger partial charge in [-0.3, -0.25) is 9.40 Å². The lowest BCUT2D eigenvalue weighted by atomic mass is 10.1. The van der Waals surface area contributed by atoms with E-state index in [4.69, 9.17) is 11.6 Å². The van der Waals surface area contributed by atoms with Gasteiger partial charge in [-0.15, -0.1) is 0 Å². The molecule has 0 aliphatic heterocycles. The van der Waals surface area contributed by atoms with Crippen molar-refractivity contribution in [1.82, 2.24) is 9.78 Å². The van der Waals surface area contributed by atoms with Crippen LogP contribution in [-0.4, -0.2) is 18.2 Å². The SMILES string of the molecule is Cc1c(-c2ccc(Cl)cc2)c(NS(=O)(=O)c2ccccc2)nn1Cc1ccccc1. The summed E-state index contributed by atoms with van der Waals surface area (Å²) < 4.78 is 30.4. The van der Waals surface area contributed by atoms with Gasteiger partial charge in [0.25, 0.3) is 10.0 Å². The molecule has 30 heavy (non-hydrogen) atoms. The zero-order valence-corrected chi connectivity index (χ0v) is 17.9. The van der Waals surface area contributed by atoms with Crippen molar-refractivity contribution < 1.29 is 8.42 Å². The van der Waals surface area contributed by atoms with Crippen LogP contribution in [0.4, 0.5) is 5.82 Å². The fourth-order valence-electron chi connectivity index (χ4n) is 3.28. The second-order valence-corrected chi connectivity index (χ2v) is 9.00. The van der Waals surface area contributed by atoms with Crippen LogP contribution in [0.1, 0.15) is 11.3 Å². The summed E-state index contributed by atoms with van der Waals surface area (Å²) in [5, 5.41) is 5.22. The van der Waals surface area contributed by atoms with E-state index in [0.717, 1.165) is 22.4 Å². The summed E-state index contributed by atoms with van der Waals surface area (Å²) in [7, 11) is -3.78. The normalized spacial score (nSPS) is 11.4. The molecule has 5 nitrogen and oxygen atoms in total. The van der Waals surface area contributed by atoms with Gasteiger partial charge in [0.15, 0.2) is 5.82 Å². The highest BCUT2D eigenvalue weighted by atomic mass is 35.5. The molecule has 1 heterocycles. The van der Waals surface area contributed by atoms with E-state index in [1.54, 1.807) is 42.5 Å². The highest BCUT2D eigenvalue weighted by Crippen LogP contribution is 2.33. The fraction of sp³-hybridized carbons (Fsp3) is 0.0870. The maximum atomic E-state index is 12.9. The maximum Gasteiger partial charge on any atom is 0.263 e. The Morgan fingerprint density at radius 1 is 0.900 bits per heavy atom. The van der Waals surface area contributed by atoms with Crippen molar-refractivity contribution in [2.45, 2.75) is 18.4 Å². The molecule has 0 fully saturated rings. The van der Waals surface area contributed by atoms with Crippen LogP contribution in [-0.2, 0) is 16.6 Å². The van der Waals surface area contributed by atoms with Gasteiger partial charge in [0.2, 0.25) is 0 Å². The second kappa shape index (κ2) is 8.34. The third-order valence-corrected chi connectivity index (χ3v) is 6.41. The highest BCUT2D eigenvalue weighted by molar-refractivity contribution is 7.92. The van der Waals surface area contributed by atoms with E-state index in [-0.39, 0.29) is 10.7 Å². The lowest BCUT2D eigenvalue weighted by Crippen LogP contribution is -2.14. The third-order valence-electron chi connectivity index (χ3n) is 4.80. The van der Waals surface area contributed by atoms with Crippen molar-refractivity contribution in [3.63, 3.8) is 0 Å². The number of hydrogen-bond donors (Lipinski definition) is 1. The molecule has 0 aliphatic carbocycles. The van der Waals surface area contributed by atoms with Crippen molar-refractivity contribution in [1.29, 1.82) is 0 Å². The minimum absolute atomic E-state index is 0.183. The zero-order valence-electron chi connectivity index (χ0n) is 16.3. The van der Waals surface area contributed by atoms with Crippen LogP contribution < -0.4 is 4.72 Å². The number of hydrogen-bond acceptors (Lipinski definition) is 3. The van der Waals surface area contributed by atoms with Crippen LogP contribution in [0, 0.1) is 6.92 Å². The molecule has 0 radical (unpaired) electrons. The van der Waals surface area contributed by atoms with E-state index in [0.29, 0.717) is 11.6 Å². The number of anilines is 1. The monoisotopic (exact) mass is 437 g/mol. The average molecular weight is 438 g/mol. The first-order valence-electron chi connectivity index (χ1n) is 9.39. The fourth-order valence-corrected chi connectivity index (χ4v) is 4.43. The van der Waals surface area contributed by atoms with Crippen LogP contribution in [0.2, 0.25) is 5.02 Å². The summed E-state index contributed by atoms with van der Waals surface area (Å²) in [5.41, 5.74) is 3.49. The number of nitrogens with one attached hydrogen (secondary N) is 1. The Hall–Kier alpha value is -3.09. The van der Waals surface area contributed by atoms with E-state index in [9.17, 15) is 8.42 Å². The van der Waals surface area contributed by atoms with Crippen molar-refractivity contribution in [2.24, 2.45) is 0 Å². The Balaban J connectivity index is 1.79. The number of halogens is 1. The van der Waals surface area contributed by atoms with Gasteiger partial charge in [-0.1, -0.05) is 72.3 Å². The molecule has 0 aliphatic rings. The Morgan fingerprint density at radius 2 is 1.50 bits per heavy atom. The molecule has 0 bridgehead atoms. The third kappa shape index (κ3) is 4.25. The van der Waals surface area contributed by atoms with Crippen molar-refractivity contribution >= 4 is 27.4 Å². The lowest BCUT2D eigenvalue weighted by Gasteiger charge is -2.08. The molecule has 0 atom stereocenters. The molecule has 7 heteroatoms. The Kier molecular flexibility index (Phi) is 5.61. The second-order valence-electron chi connectivity index (χ2n) is 6.88. The lowest BCUT2D eigenvalue weighted by molar-refractivity contribution is 0.600. The molecule has 0 spiro atoms. The van der Waals surface area contributed by atoms with Gasteiger partial charge in [0.1, 0.15) is 0 Å². The van der Waals surface area contributed by atoms with E-state index < -0.39 is 10.0 Å². The summed E-state index contributed by atoms with van der Waals surface area (Å²) in [6, 6.07) is 25.4. The number of rotatable bonds is 6. The van der Waals surface area contributed by atoms with Gasteiger partial charge in [-0.2, -0.15) is 5.10 Å². The minimum atomic E-state index is -3.78. The molecule has 152 valence electrons. The van der Waals surface area contributed by atoms with Gasteiger partial charge in [-0.05, 0) is 42.3 Å². The van der Waals surface area contributed by atoms with Crippen molar-refractivity contribution in [3.05, 3.63) is 101 Å². The van der Waals surface area contributed by atoms with Gasteiger partial charge in [0, 0.05) is 16.3 Å². The van der Waals surface area contributed by atoms with Crippen molar-refractivity contribution in [2.75, 3.05) is 4.72 Å². The quantitative estimate of drug-likeness (QED) is 0.441. The highest BCUT2D eigenvalue weighted by Gasteiger charge is 2.22. The van der Waals surface area contributed by atoms with Gasteiger partial charge in [0.05, 0.1) is 11.4 Å². The van der Waals surface area contributed by atoms with Crippen LogP contribution in [0.5, 0.6) is 0 Å². The van der Waals surface area contributed by atoms with Crippen LogP contribution >= 0.6 is 11.6 Å². The number of sulfonamides is 1. The largest absolute Gasteiger partial charge is 0.263 e. The zero-order chi connectivity index (χ0) is 21.1. The van der Waals surface area contributed by atoms with E-state index in [1.165, 1.54) is 0 Å². The van der Waals surface area contributed by atoms with Crippen LogP contribution in [0.15, 0.2) is 89.8 Å². The molecule has 0 saturated heterocycles. The first-order chi connectivity index (χ1) is 14.4. The van der Waals surface area contributed by atoms with E-state index >= 15 is 0 Å². The van der Waals surface area contributed by atoms with Crippen LogP contribution in [0.3, 0.4) is 0 Å². The van der Waals surface area contributed by atoms with Crippen LogP contribution in [0.25, 0.3) is 11.1 Å². The number of benzene rings is 3. The topological polar surface area (TPSA) is 64.0 Å². The molecule has 0 unspecified atom stereocenters. The number of nitrogens with zero attached hydrogens (tertiary/aromatic N) is 2. The van der Waals surface area contributed by atoms with E-state index in [1.807, 2.05) is 54.1 Å². The molecular weight excluding hydrogens is 418 g/mol. The Bertz CT molecular complexity index is 1250. The van der Waals surface area contributed by atoms with Crippen molar-refractivity contribution in [3.8, 4) is 11.1 Å². The average Bonchev–Trinajstić information content (AvgIpc) is 3.04. The summed E-state index contributed by atoms with van der Waals surface area (Å²) in [4.78, 5) is 0.183. The van der Waals surface area contributed by atoms with Gasteiger partial charge < -0.3 is 0 Å². The molecule has 3 aromatic carbocycles. The molecule has 1 aromatic heterocycles. The molecule has 4 aromatic rings. The Morgan fingerprint density at radius 3 is 2.13 bits per heavy atom. The molecule has 4 rings (SSSR count). The van der Waals surface area contributed by atoms with Gasteiger partial charge in [-0.25, -0.2) is 8.42 Å². The standard InChI is InChI=1S/C23H20ClN3O2S/c1-17-22(19-12-14-20(24)15-13-19)23(25-27(17)16-18-8-4-2-5-9-18)26-30(28,29)21-10-6-3-7-11-21/h2-15H,16H2,1H3,(H,25,26). The molecule has 0 amide bonds. The predicted octanol–water partition coefficient (Wildman–Crippen LogP) is 5.36. The summed E-state index contributed by atoms with van der Waals surface area (Å²) in [6.07, 6.45) is 0. The van der Waals surface area contributed by atoms with E-state index in [2.05, 4.69) is 9.82 Å². The summed E-state index contributed by atoms with van der Waals surface area (Å²) in [5.74, 6) is 0.287. The summed E-state index contributed by atoms with van der Waals surface area (Å²) in [6.45, 7) is 2.46. The number of aromatic nitrogens is 2. The minimum Gasteiger partial charge on any atom is -0.263 e. The molecule has 0 saturated carbocycles.